The summed E-state index contributed by atoms with van der Waals surface area (Å²) in [5.41, 5.74) is 0. The van der Waals surface area contributed by atoms with Crippen molar-refractivity contribution in [2.75, 3.05) is 19.5 Å². The predicted molar refractivity (Wildman–Crippen MR) is 65.7 cm³/mol. The minimum absolute atomic E-state index is 0.215. The second-order valence-corrected chi connectivity index (χ2v) is 4.42. The minimum Gasteiger partial charge on any atom is -0.467 e. The molecule has 1 heterocycles. The van der Waals surface area contributed by atoms with Gasteiger partial charge in [0.1, 0.15) is 5.02 Å². The highest BCUT2D eigenvalue weighted by Gasteiger charge is 2.27. The van der Waals surface area contributed by atoms with Crippen molar-refractivity contribution in [1.82, 2.24) is 9.97 Å². The number of anilines is 1. The molecule has 0 aromatic carbocycles. The van der Waals surface area contributed by atoms with Crippen molar-refractivity contribution in [2.24, 2.45) is 0 Å². The Morgan fingerprint density at radius 3 is 2.94 bits per heavy atom. The van der Waals surface area contributed by atoms with Crippen molar-refractivity contribution >= 4 is 17.4 Å². The van der Waals surface area contributed by atoms with Crippen LogP contribution in [0.4, 0.5) is 5.82 Å². The van der Waals surface area contributed by atoms with E-state index >= 15 is 0 Å². The molecule has 1 aromatic heterocycles. The number of nitrogens with zero attached hydrogens (tertiary/aromatic N) is 2. The quantitative estimate of drug-likeness (QED) is 0.895. The summed E-state index contributed by atoms with van der Waals surface area (Å²) >= 11 is 6.04. The lowest BCUT2D eigenvalue weighted by molar-refractivity contribution is 0.101. The molecule has 1 aromatic rings. The van der Waals surface area contributed by atoms with Crippen LogP contribution in [0.3, 0.4) is 0 Å². The Kier molecular flexibility index (Phi) is 4.02. The van der Waals surface area contributed by atoms with E-state index in [4.69, 9.17) is 21.1 Å². The van der Waals surface area contributed by atoms with Crippen LogP contribution in [0.25, 0.3) is 0 Å². The summed E-state index contributed by atoms with van der Waals surface area (Å²) < 4.78 is 10.4. The number of methoxy groups -OCH3 is 2. The normalized spacial score (nSPS) is 23.7. The topological polar surface area (TPSA) is 56.3 Å². The Morgan fingerprint density at radius 2 is 2.24 bits per heavy atom. The van der Waals surface area contributed by atoms with Gasteiger partial charge in [-0.05, 0) is 19.3 Å². The van der Waals surface area contributed by atoms with Gasteiger partial charge in [0.05, 0.1) is 25.5 Å². The van der Waals surface area contributed by atoms with E-state index in [1.165, 1.54) is 13.3 Å². The van der Waals surface area contributed by atoms with Crippen LogP contribution in [-0.4, -0.2) is 36.3 Å². The van der Waals surface area contributed by atoms with E-state index in [0.29, 0.717) is 16.9 Å². The van der Waals surface area contributed by atoms with Crippen molar-refractivity contribution in [3.63, 3.8) is 0 Å². The van der Waals surface area contributed by atoms with Crippen molar-refractivity contribution < 1.29 is 9.47 Å². The molecule has 94 valence electrons. The van der Waals surface area contributed by atoms with Crippen LogP contribution in [0.15, 0.2) is 6.20 Å². The average molecular weight is 258 g/mol. The molecule has 1 saturated carbocycles. The Hall–Kier alpha value is -1.07. The highest BCUT2D eigenvalue weighted by Crippen LogP contribution is 2.27. The Morgan fingerprint density at radius 1 is 1.41 bits per heavy atom. The van der Waals surface area contributed by atoms with Gasteiger partial charge in [-0.15, -0.1) is 0 Å². The first-order chi connectivity index (χ1) is 8.24. The molecular formula is C11H16ClN3O2. The number of hydrogen-bond acceptors (Lipinski definition) is 5. The highest BCUT2D eigenvalue weighted by molar-refractivity contribution is 6.32. The molecule has 1 aliphatic carbocycles. The molecule has 0 spiro atoms. The standard InChI is InChI=1S/C11H16ClN3O2/c1-16-9-5-3-4-8(9)14-10-7(12)6-13-11(15-10)17-2/h6,8-9H,3-5H2,1-2H3,(H,13,14,15). The number of ether oxygens (including phenoxy) is 2. The first-order valence-corrected chi connectivity index (χ1v) is 5.98. The van der Waals surface area contributed by atoms with Gasteiger partial charge in [0.25, 0.3) is 0 Å². The van der Waals surface area contributed by atoms with Crippen molar-refractivity contribution in [1.29, 1.82) is 0 Å². The van der Waals surface area contributed by atoms with Crippen molar-refractivity contribution in [2.45, 2.75) is 31.4 Å². The van der Waals surface area contributed by atoms with Gasteiger partial charge < -0.3 is 14.8 Å². The summed E-state index contributed by atoms with van der Waals surface area (Å²) in [6, 6.07) is 0.556. The Balaban J connectivity index is 2.12. The summed E-state index contributed by atoms with van der Waals surface area (Å²) in [7, 11) is 3.26. The van der Waals surface area contributed by atoms with Gasteiger partial charge in [-0.1, -0.05) is 11.6 Å². The molecule has 0 saturated heterocycles. The van der Waals surface area contributed by atoms with E-state index in [0.717, 1.165) is 19.3 Å². The number of rotatable bonds is 4. The molecule has 2 unspecified atom stereocenters. The monoisotopic (exact) mass is 257 g/mol. The van der Waals surface area contributed by atoms with Gasteiger partial charge in [-0.3, -0.25) is 0 Å². The van der Waals surface area contributed by atoms with E-state index in [1.807, 2.05) is 0 Å². The molecule has 1 aliphatic rings. The molecule has 0 radical (unpaired) electrons. The first kappa shape index (κ1) is 12.4. The van der Waals surface area contributed by atoms with Crippen LogP contribution in [0.1, 0.15) is 19.3 Å². The zero-order chi connectivity index (χ0) is 12.3. The molecule has 0 amide bonds. The molecule has 0 bridgehead atoms. The van der Waals surface area contributed by atoms with Crippen LogP contribution >= 0.6 is 11.6 Å². The fourth-order valence-electron chi connectivity index (χ4n) is 2.10. The van der Waals surface area contributed by atoms with Crippen LogP contribution in [0.2, 0.25) is 5.02 Å². The molecule has 17 heavy (non-hydrogen) atoms. The Bertz CT molecular complexity index is 389. The molecule has 6 heteroatoms. The number of halogens is 1. The lowest BCUT2D eigenvalue weighted by atomic mass is 10.2. The fourth-order valence-corrected chi connectivity index (χ4v) is 2.24. The molecule has 2 rings (SSSR count). The maximum atomic E-state index is 6.04. The molecule has 2 atom stereocenters. The lowest BCUT2D eigenvalue weighted by Gasteiger charge is -2.20. The van der Waals surface area contributed by atoms with Crippen LogP contribution < -0.4 is 10.1 Å². The SMILES string of the molecule is COc1ncc(Cl)c(NC2CCCC2OC)n1. The third-order valence-corrected chi connectivity index (χ3v) is 3.26. The van der Waals surface area contributed by atoms with Gasteiger partial charge in [0, 0.05) is 7.11 Å². The summed E-state index contributed by atoms with van der Waals surface area (Å²) in [5, 5.41) is 3.79. The van der Waals surface area contributed by atoms with Crippen LogP contribution in [0.5, 0.6) is 6.01 Å². The van der Waals surface area contributed by atoms with E-state index in [-0.39, 0.29) is 12.1 Å². The van der Waals surface area contributed by atoms with E-state index < -0.39 is 0 Å². The number of aromatic nitrogens is 2. The summed E-state index contributed by atoms with van der Waals surface area (Å²) in [6.45, 7) is 0. The second-order valence-electron chi connectivity index (χ2n) is 4.01. The van der Waals surface area contributed by atoms with Gasteiger partial charge in [0.2, 0.25) is 0 Å². The lowest BCUT2D eigenvalue weighted by Crippen LogP contribution is -2.30. The molecular weight excluding hydrogens is 242 g/mol. The third kappa shape index (κ3) is 2.79. The molecule has 1 N–H and O–H groups in total. The molecule has 1 fully saturated rings. The van der Waals surface area contributed by atoms with Gasteiger partial charge in [0.15, 0.2) is 5.82 Å². The largest absolute Gasteiger partial charge is 0.467 e. The second kappa shape index (κ2) is 5.51. The number of hydrogen-bond donors (Lipinski definition) is 1. The van der Waals surface area contributed by atoms with Gasteiger partial charge in [-0.25, -0.2) is 4.98 Å². The summed E-state index contributed by atoms with van der Waals surface area (Å²) in [6.07, 6.45) is 5.02. The van der Waals surface area contributed by atoms with Gasteiger partial charge in [-0.2, -0.15) is 4.98 Å². The summed E-state index contributed by atoms with van der Waals surface area (Å²) in [5.74, 6) is 0.604. The molecule has 0 aliphatic heterocycles. The van der Waals surface area contributed by atoms with Crippen LogP contribution in [-0.2, 0) is 4.74 Å². The zero-order valence-electron chi connectivity index (χ0n) is 9.94. The van der Waals surface area contributed by atoms with E-state index in [2.05, 4.69) is 15.3 Å². The van der Waals surface area contributed by atoms with E-state index in [9.17, 15) is 0 Å². The van der Waals surface area contributed by atoms with Gasteiger partial charge >= 0.3 is 6.01 Å². The maximum Gasteiger partial charge on any atom is 0.318 e. The van der Waals surface area contributed by atoms with Crippen LogP contribution in [0, 0.1) is 0 Å². The smallest absolute Gasteiger partial charge is 0.318 e. The van der Waals surface area contributed by atoms with E-state index in [1.54, 1.807) is 7.11 Å². The number of nitrogens with one attached hydrogen (secondary N) is 1. The third-order valence-electron chi connectivity index (χ3n) is 2.98. The average Bonchev–Trinajstić information content (AvgIpc) is 2.79. The zero-order valence-corrected chi connectivity index (χ0v) is 10.7. The predicted octanol–water partition coefficient (Wildman–Crippen LogP) is 2.12. The highest BCUT2D eigenvalue weighted by atomic mass is 35.5. The van der Waals surface area contributed by atoms with Crippen molar-refractivity contribution in [3.8, 4) is 6.01 Å². The van der Waals surface area contributed by atoms with Crippen molar-refractivity contribution in [3.05, 3.63) is 11.2 Å². The summed E-state index contributed by atoms with van der Waals surface area (Å²) in [4.78, 5) is 8.13. The fraction of sp³-hybridized carbons (Fsp3) is 0.636. The first-order valence-electron chi connectivity index (χ1n) is 5.60. The molecule has 5 nitrogen and oxygen atoms in total. The maximum absolute atomic E-state index is 6.04. The minimum atomic E-state index is 0.215. The Labute approximate surface area is 105 Å².